The van der Waals surface area contributed by atoms with E-state index in [4.69, 9.17) is 47.4 Å². The highest BCUT2D eigenvalue weighted by atomic mass is 35.5. The van der Waals surface area contributed by atoms with Gasteiger partial charge in [0.15, 0.2) is 17.4 Å². The molecule has 79 heavy (non-hydrogen) atoms. The molecule has 410 valence electrons. The molecule has 3 aromatic heterocycles. The van der Waals surface area contributed by atoms with E-state index in [9.17, 15) is 27.9 Å². The summed E-state index contributed by atoms with van der Waals surface area (Å²) in [5.74, 6) is -4.43. The van der Waals surface area contributed by atoms with Gasteiger partial charge in [0.1, 0.15) is 54.0 Å². The highest BCUT2D eigenvalue weighted by molar-refractivity contribution is 6.39. The minimum atomic E-state index is -1.33. The molecule has 5 unspecified atom stereocenters. The predicted molar refractivity (Wildman–Crippen MR) is 288 cm³/mol. The van der Waals surface area contributed by atoms with Crippen LogP contribution in [0.3, 0.4) is 0 Å². The topological polar surface area (TPSA) is 198 Å². The van der Waals surface area contributed by atoms with Gasteiger partial charge in [-0.3, -0.25) is 14.7 Å². The summed E-state index contributed by atoms with van der Waals surface area (Å²) in [5.41, 5.74) is 3.18. The minimum Gasteiger partial charge on any atom is -0.486 e. The third-order valence-electron chi connectivity index (χ3n) is 14.9. The number of methoxy groups -OCH3 is 1. The number of piperazine rings is 1. The molecule has 0 aliphatic carbocycles. The number of nitrogens with zero attached hydrogens (tertiary/aromatic N) is 8. The number of H-pyrrole nitrogens is 1. The summed E-state index contributed by atoms with van der Waals surface area (Å²) in [4.78, 5) is 41.9. The number of aromatic amines is 1. The Kier molecular flexibility index (Phi) is 15.2. The number of nitrogens with one attached hydrogen (secondary N) is 3. The fraction of sp³-hybridized carbons (Fsp3) is 0.339. The van der Waals surface area contributed by atoms with E-state index in [0.29, 0.717) is 82.0 Å². The lowest BCUT2D eigenvalue weighted by atomic mass is 9.98. The van der Waals surface area contributed by atoms with E-state index in [-0.39, 0.29) is 76.7 Å². The SMILES string of the molecule is COCCOc1nc(N2CC3CC2CN3)c2cc(Cl)c(-c3c(Cl)c(F)cc4[nH]ncc34)c(OCc3ccc(-c4cn(C(C(=O)N5CCCC5C(=O)NC(CO)c5ccc(-c6c(F)ccc(F)c6F)cc5)C(C)C)nn4)cc3)c2n1. The summed E-state index contributed by atoms with van der Waals surface area (Å²) in [6.45, 7) is 5.48. The number of aliphatic hydroxyl groups excluding tert-OH is 1. The molecule has 3 aliphatic rings. The number of hydrogen-bond donors (Lipinski definition) is 4. The van der Waals surface area contributed by atoms with Crippen LogP contribution in [0.25, 0.3) is 55.3 Å². The Morgan fingerprint density at radius 1 is 0.899 bits per heavy atom. The maximum atomic E-state index is 15.7. The largest absolute Gasteiger partial charge is 0.486 e. The zero-order valence-electron chi connectivity index (χ0n) is 43.0. The number of carbonyl (C=O) groups excluding carboxylic acids is 2. The zero-order chi connectivity index (χ0) is 55.2. The van der Waals surface area contributed by atoms with Gasteiger partial charge in [-0.25, -0.2) is 22.2 Å². The van der Waals surface area contributed by atoms with Crippen LogP contribution in [-0.2, 0) is 20.9 Å². The van der Waals surface area contributed by atoms with Crippen molar-refractivity contribution in [1.29, 1.82) is 0 Å². The summed E-state index contributed by atoms with van der Waals surface area (Å²) < 4.78 is 78.3. The molecule has 0 radical (unpaired) electrons. The van der Waals surface area contributed by atoms with Crippen molar-refractivity contribution < 1.29 is 46.5 Å². The number of aromatic nitrogens is 7. The fourth-order valence-corrected chi connectivity index (χ4v) is 11.5. The molecule has 2 amide bonds. The third kappa shape index (κ3) is 10.3. The molecule has 0 spiro atoms. The summed E-state index contributed by atoms with van der Waals surface area (Å²) in [6, 6.07) is 15.6. The second-order valence-electron chi connectivity index (χ2n) is 20.2. The maximum Gasteiger partial charge on any atom is 0.319 e. The highest BCUT2D eigenvalue weighted by Gasteiger charge is 2.42. The van der Waals surface area contributed by atoms with E-state index in [1.807, 2.05) is 38.1 Å². The molecule has 23 heteroatoms. The van der Waals surface area contributed by atoms with Crippen LogP contribution in [0, 0.1) is 29.2 Å². The summed E-state index contributed by atoms with van der Waals surface area (Å²) >= 11 is 14.1. The molecule has 11 rings (SSSR count). The average Bonchev–Trinajstić information content (AvgIpc) is 4.45. The smallest absolute Gasteiger partial charge is 0.319 e. The van der Waals surface area contributed by atoms with Gasteiger partial charge in [-0.15, -0.1) is 5.10 Å². The van der Waals surface area contributed by atoms with Crippen LogP contribution in [-0.4, -0.2) is 122 Å². The molecular formula is C56H53Cl2F4N11O6. The number of aliphatic hydroxyl groups is 1. The number of ether oxygens (including phenoxy) is 3. The first-order valence-electron chi connectivity index (χ1n) is 25.8. The second-order valence-corrected chi connectivity index (χ2v) is 21.0. The zero-order valence-corrected chi connectivity index (χ0v) is 44.5. The first-order valence-corrected chi connectivity index (χ1v) is 26.5. The van der Waals surface area contributed by atoms with Crippen LogP contribution in [0.1, 0.15) is 56.3 Å². The molecule has 17 nitrogen and oxygen atoms in total. The van der Waals surface area contributed by atoms with Gasteiger partial charge < -0.3 is 39.8 Å². The lowest BCUT2D eigenvalue weighted by molar-refractivity contribution is -0.142. The van der Waals surface area contributed by atoms with Gasteiger partial charge >= 0.3 is 6.01 Å². The predicted octanol–water partition coefficient (Wildman–Crippen LogP) is 9.15. The minimum absolute atomic E-state index is 0.00668. The van der Waals surface area contributed by atoms with E-state index in [1.54, 1.807) is 25.6 Å². The number of anilines is 1. The number of benzene rings is 5. The lowest BCUT2D eigenvalue weighted by Gasteiger charge is -2.30. The standard InChI is InChI=1S/C56H53Cl2F4N11O6/c1-28(2)51(55(76)71-16-4-5-44(71)54(75)65-43(26-74)31-10-12-32(13-11-31)45-38(59)14-15-39(60)49(45)62)73-25-42(69-70-73)30-8-6-29(7-9-30)27-79-52-47(46-36-23-64-68-41(36)21-40(61)48(46)58)37(57)20-35-50(52)66-56(78-18-17-77-3)67-53(35)72-24-33-19-34(72)22-63-33/h6-15,20-21,23,25,28,33-34,43-44,51,63,74H,4-5,16-19,22,24,26-27H2,1-3H3,(H,64,68)(H,65,75). The van der Waals surface area contributed by atoms with Crippen LogP contribution in [0.2, 0.25) is 10.0 Å². The third-order valence-corrected chi connectivity index (χ3v) is 15.6. The van der Waals surface area contributed by atoms with E-state index in [2.05, 4.69) is 36.0 Å². The van der Waals surface area contributed by atoms with E-state index in [1.165, 1.54) is 39.9 Å². The van der Waals surface area contributed by atoms with Crippen molar-refractivity contribution in [3.05, 3.63) is 130 Å². The normalized spacial score (nSPS) is 17.8. The van der Waals surface area contributed by atoms with E-state index < -0.39 is 59.5 Å². The summed E-state index contributed by atoms with van der Waals surface area (Å²) in [7, 11) is 1.57. The van der Waals surface area contributed by atoms with Crippen molar-refractivity contribution in [2.24, 2.45) is 5.92 Å². The van der Waals surface area contributed by atoms with Crippen molar-refractivity contribution in [3.8, 4) is 45.3 Å². The Morgan fingerprint density at radius 2 is 1.67 bits per heavy atom. The Balaban J connectivity index is 0.836. The van der Waals surface area contributed by atoms with Gasteiger partial charge in [0.25, 0.3) is 0 Å². The van der Waals surface area contributed by atoms with Crippen molar-refractivity contribution in [3.63, 3.8) is 0 Å². The molecule has 5 atom stereocenters. The van der Waals surface area contributed by atoms with Gasteiger partial charge in [-0.2, -0.15) is 15.1 Å². The number of rotatable bonds is 18. The molecule has 5 aromatic carbocycles. The van der Waals surface area contributed by atoms with Crippen LogP contribution in [0.5, 0.6) is 11.8 Å². The number of carbonyl (C=O) groups is 2. The number of likely N-dealkylation sites (tertiary alicyclic amines) is 1. The van der Waals surface area contributed by atoms with Gasteiger partial charge in [0.2, 0.25) is 11.8 Å². The van der Waals surface area contributed by atoms with Crippen molar-refractivity contribution in [1.82, 2.24) is 50.7 Å². The molecule has 4 N–H and O–H groups in total. The fourth-order valence-electron chi connectivity index (χ4n) is 11.0. The molecule has 0 saturated carbocycles. The van der Waals surface area contributed by atoms with Crippen LogP contribution in [0.15, 0.2) is 85.2 Å². The molecular weight excluding hydrogens is 1070 g/mol. The van der Waals surface area contributed by atoms with Crippen molar-refractivity contribution in [2.75, 3.05) is 51.5 Å². The van der Waals surface area contributed by atoms with Crippen molar-refractivity contribution >= 4 is 62.6 Å². The first-order chi connectivity index (χ1) is 38.2. The van der Waals surface area contributed by atoms with Crippen LogP contribution >= 0.6 is 23.2 Å². The maximum absolute atomic E-state index is 15.7. The van der Waals surface area contributed by atoms with Gasteiger partial charge in [0.05, 0.1) is 52.8 Å². The molecule has 3 fully saturated rings. The monoisotopic (exact) mass is 1120 g/mol. The van der Waals surface area contributed by atoms with Gasteiger partial charge in [-0.05, 0) is 60.1 Å². The molecule has 8 aromatic rings. The second kappa shape index (κ2) is 22.4. The lowest BCUT2D eigenvalue weighted by Crippen LogP contribution is -2.50. The Labute approximate surface area is 460 Å². The molecule has 3 aliphatic heterocycles. The number of amides is 2. The van der Waals surface area contributed by atoms with E-state index in [0.717, 1.165) is 24.6 Å². The molecule has 6 heterocycles. The molecule has 2 bridgehead atoms. The quantitative estimate of drug-likeness (QED) is 0.0361. The first kappa shape index (κ1) is 53.6. The van der Waals surface area contributed by atoms with Crippen LogP contribution < -0.4 is 25.0 Å². The Bertz CT molecular complexity index is 3610. The van der Waals surface area contributed by atoms with Crippen molar-refractivity contribution in [2.45, 2.75) is 69.9 Å². The average molecular weight is 1120 g/mol. The summed E-state index contributed by atoms with van der Waals surface area (Å²) in [5, 5.41) is 33.7. The number of fused-ring (bicyclic) bond motifs is 4. The number of hydrogen-bond acceptors (Lipinski definition) is 13. The Morgan fingerprint density at radius 3 is 2.39 bits per heavy atom. The van der Waals surface area contributed by atoms with Gasteiger partial charge in [0, 0.05) is 72.4 Å². The summed E-state index contributed by atoms with van der Waals surface area (Å²) in [6.07, 6.45) is 5.09. The van der Waals surface area contributed by atoms with Gasteiger partial charge in [-0.1, -0.05) is 90.8 Å². The Hall–Kier alpha value is -7.43. The molecule has 3 saturated heterocycles. The van der Waals surface area contributed by atoms with Crippen LogP contribution in [0.4, 0.5) is 23.4 Å². The van der Waals surface area contributed by atoms with E-state index >= 15 is 4.39 Å². The highest BCUT2D eigenvalue weighted by Crippen LogP contribution is 2.50. The number of halogens is 6.